The van der Waals surface area contributed by atoms with Gasteiger partial charge in [-0.1, -0.05) is 30.3 Å². The van der Waals surface area contributed by atoms with Gasteiger partial charge in [0.25, 0.3) is 0 Å². The Morgan fingerprint density at radius 3 is 2.92 bits per heavy atom. The third kappa shape index (κ3) is 4.39. The Morgan fingerprint density at radius 1 is 1.33 bits per heavy atom. The molecular formula is C17H21N3O4. The Morgan fingerprint density at radius 2 is 2.17 bits per heavy atom. The summed E-state index contributed by atoms with van der Waals surface area (Å²) in [5.74, 6) is 0.962. The quantitative estimate of drug-likeness (QED) is 0.752. The molecule has 0 saturated carbocycles. The number of morpholine rings is 1. The van der Waals surface area contributed by atoms with Crippen LogP contribution in [-0.2, 0) is 20.9 Å². The van der Waals surface area contributed by atoms with Crippen LogP contribution in [0.4, 0.5) is 0 Å². The van der Waals surface area contributed by atoms with Crippen molar-refractivity contribution in [2.75, 3.05) is 26.3 Å². The zero-order valence-electron chi connectivity index (χ0n) is 13.7. The Hall–Kier alpha value is -2.25. The van der Waals surface area contributed by atoms with Crippen LogP contribution in [0.2, 0.25) is 0 Å². The molecule has 0 aliphatic carbocycles. The van der Waals surface area contributed by atoms with Crippen molar-refractivity contribution in [1.29, 1.82) is 0 Å². The second-order valence-electron chi connectivity index (χ2n) is 5.65. The summed E-state index contributed by atoms with van der Waals surface area (Å²) in [6.45, 7) is 4.10. The molecule has 7 heteroatoms. The maximum absolute atomic E-state index is 12.3. The summed E-state index contributed by atoms with van der Waals surface area (Å²) in [5, 5.41) is 7.77. The molecule has 1 atom stereocenters. The van der Waals surface area contributed by atoms with Crippen LogP contribution < -0.4 is 0 Å². The van der Waals surface area contributed by atoms with Crippen molar-refractivity contribution in [1.82, 2.24) is 15.1 Å². The van der Waals surface area contributed by atoms with Crippen molar-refractivity contribution in [2.45, 2.75) is 26.1 Å². The predicted octanol–water partition coefficient (Wildman–Crippen LogP) is 1.88. The highest BCUT2D eigenvalue weighted by Crippen LogP contribution is 2.21. The van der Waals surface area contributed by atoms with Gasteiger partial charge in [-0.25, -0.2) is 0 Å². The lowest BCUT2D eigenvalue weighted by Gasteiger charge is -2.31. The number of ether oxygens (including phenoxy) is 2. The van der Waals surface area contributed by atoms with Gasteiger partial charge in [0.2, 0.25) is 17.7 Å². The Bertz CT molecular complexity index is 659. The molecule has 0 N–H and O–H groups in total. The fourth-order valence-electron chi connectivity index (χ4n) is 2.55. The van der Waals surface area contributed by atoms with Gasteiger partial charge in [-0.2, -0.15) is 0 Å². The average Bonchev–Trinajstić information content (AvgIpc) is 3.06. The SMILES string of the molecule is Cc1nnc([C@@H]2CN(C(=O)CCOCc3ccccc3)CCO2)o1. The molecule has 0 radical (unpaired) electrons. The predicted molar refractivity (Wildman–Crippen MR) is 85.0 cm³/mol. The molecule has 0 spiro atoms. The first-order valence-electron chi connectivity index (χ1n) is 8.03. The second kappa shape index (κ2) is 8.03. The minimum atomic E-state index is -0.353. The fourth-order valence-corrected chi connectivity index (χ4v) is 2.55. The highest BCUT2D eigenvalue weighted by Gasteiger charge is 2.28. The summed E-state index contributed by atoms with van der Waals surface area (Å²) in [6, 6.07) is 9.90. The Kier molecular flexibility index (Phi) is 5.55. The number of benzene rings is 1. The Balaban J connectivity index is 1.43. The number of nitrogens with zero attached hydrogens (tertiary/aromatic N) is 3. The highest BCUT2D eigenvalue weighted by molar-refractivity contribution is 5.76. The highest BCUT2D eigenvalue weighted by atomic mass is 16.5. The van der Waals surface area contributed by atoms with Crippen molar-refractivity contribution >= 4 is 5.91 Å². The van der Waals surface area contributed by atoms with Gasteiger partial charge in [0.05, 0.1) is 32.8 Å². The lowest BCUT2D eigenvalue weighted by atomic mass is 10.2. The maximum Gasteiger partial charge on any atom is 0.246 e. The molecule has 128 valence electrons. The van der Waals surface area contributed by atoms with E-state index in [9.17, 15) is 4.79 Å². The van der Waals surface area contributed by atoms with Crippen LogP contribution in [0.1, 0.15) is 29.9 Å². The largest absolute Gasteiger partial charge is 0.423 e. The molecule has 7 nitrogen and oxygen atoms in total. The molecule has 0 unspecified atom stereocenters. The number of aromatic nitrogens is 2. The lowest BCUT2D eigenvalue weighted by Crippen LogP contribution is -2.42. The first kappa shape index (κ1) is 16.6. The molecule has 2 heterocycles. The topological polar surface area (TPSA) is 77.7 Å². The van der Waals surface area contributed by atoms with Crippen molar-refractivity contribution in [3.05, 3.63) is 47.7 Å². The van der Waals surface area contributed by atoms with Gasteiger partial charge in [-0.15, -0.1) is 10.2 Å². The van der Waals surface area contributed by atoms with E-state index >= 15 is 0 Å². The number of aryl methyl sites for hydroxylation is 1. The molecule has 1 amide bonds. The van der Waals surface area contributed by atoms with E-state index < -0.39 is 0 Å². The number of carbonyl (C=O) groups excluding carboxylic acids is 1. The number of hydrogen-bond donors (Lipinski definition) is 0. The van der Waals surface area contributed by atoms with Gasteiger partial charge in [0.15, 0.2) is 6.10 Å². The number of rotatable bonds is 6. The summed E-state index contributed by atoms with van der Waals surface area (Å²) >= 11 is 0. The molecule has 1 aromatic heterocycles. The minimum absolute atomic E-state index is 0.0487. The Labute approximate surface area is 140 Å². The van der Waals surface area contributed by atoms with Gasteiger partial charge in [-0.3, -0.25) is 4.79 Å². The number of hydrogen-bond acceptors (Lipinski definition) is 6. The van der Waals surface area contributed by atoms with E-state index in [2.05, 4.69) is 10.2 Å². The molecule has 1 aliphatic rings. The van der Waals surface area contributed by atoms with Gasteiger partial charge >= 0.3 is 0 Å². The number of carbonyl (C=O) groups is 1. The summed E-state index contributed by atoms with van der Waals surface area (Å²) in [4.78, 5) is 14.1. The monoisotopic (exact) mass is 331 g/mol. The molecule has 1 aliphatic heterocycles. The summed E-state index contributed by atoms with van der Waals surface area (Å²) in [7, 11) is 0. The minimum Gasteiger partial charge on any atom is -0.423 e. The van der Waals surface area contributed by atoms with Gasteiger partial charge < -0.3 is 18.8 Å². The van der Waals surface area contributed by atoms with E-state index in [1.807, 2.05) is 30.3 Å². The van der Waals surface area contributed by atoms with Crippen LogP contribution in [0.3, 0.4) is 0 Å². The fraction of sp³-hybridized carbons (Fsp3) is 0.471. The van der Waals surface area contributed by atoms with E-state index in [4.69, 9.17) is 13.9 Å². The molecular weight excluding hydrogens is 310 g/mol. The van der Waals surface area contributed by atoms with Crippen LogP contribution in [0.5, 0.6) is 0 Å². The molecule has 1 aromatic carbocycles. The van der Waals surface area contributed by atoms with E-state index in [1.54, 1.807) is 11.8 Å². The van der Waals surface area contributed by atoms with E-state index in [0.29, 0.717) is 51.1 Å². The number of amides is 1. The molecule has 1 saturated heterocycles. The van der Waals surface area contributed by atoms with Crippen LogP contribution in [0.25, 0.3) is 0 Å². The van der Waals surface area contributed by atoms with Gasteiger partial charge in [-0.05, 0) is 5.56 Å². The molecule has 24 heavy (non-hydrogen) atoms. The van der Waals surface area contributed by atoms with E-state index in [0.717, 1.165) is 5.56 Å². The smallest absolute Gasteiger partial charge is 0.246 e. The molecule has 3 rings (SSSR count). The molecule has 2 aromatic rings. The molecule has 1 fully saturated rings. The van der Waals surface area contributed by atoms with Crippen LogP contribution in [-0.4, -0.2) is 47.3 Å². The third-order valence-electron chi connectivity index (χ3n) is 3.81. The standard InChI is InChI=1S/C17H21N3O4/c1-13-18-19-17(24-13)15-11-20(8-10-23-15)16(21)7-9-22-12-14-5-3-2-4-6-14/h2-6,15H,7-12H2,1H3/t15-/m0/s1. The van der Waals surface area contributed by atoms with Crippen LogP contribution >= 0.6 is 0 Å². The zero-order valence-corrected chi connectivity index (χ0v) is 13.7. The van der Waals surface area contributed by atoms with Gasteiger partial charge in [0, 0.05) is 13.5 Å². The van der Waals surface area contributed by atoms with Crippen molar-refractivity contribution in [3.63, 3.8) is 0 Å². The summed E-state index contributed by atoms with van der Waals surface area (Å²) < 4.78 is 16.6. The van der Waals surface area contributed by atoms with Crippen molar-refractivity contribution < 1.29 is 18.7 Å². The van der Waals surface area contributed by atoms with Crippen LogP contribution in [0.15, 0.2) is 34.7 Å². The molecule has 0 bridgehead atoms. The average molecular weight is 331 g/mol. The zero-order chi connectivity index (χ0) is 16.8. The van der Waals surface area contributed by atoms with E-state index in [1.165, 1.54) is 0 Å². The van der Waals surface area contributed by atoms with E-state index in [-0.39, 0.29) is 12.0 Å². The second-order valence-corrected chi connectivity index (χ2v) is 5.65. The first-order valence-corrected chi connectivity index (χ1v) is 8.03. The third-order valence-corrected chi connectivity index (χ3v) is 3.81. The normalized spacial score (nSPS) is 17.9. The van der Waals surface area contributed by atoms with Crippen molar-refractivity contribution in [2.24, 2.45) is 0 Å². The summed E-state index contributed by atoms with van der Waals surface area (Å²) in [6.07, 6.45) is -0.00303. The van der Waals surface area contributed by atoms with Gasteiger partial charge in [0.1, 0.15) is 0 Å². The summed E-state index contributed by atoms with van der Waals surface area (Å²) in [5.41, 5.74) is 1.10. The lowest BCUT2D eigenvalue weighted by molar-refractivity contribution is -0.141. The van der Waals surface area contributed by atoms with Crippen LogP contribution in [0, 0.1) is 6.92 Å². The first-order chi connectivity index (χ1) is 11.7. The van der Waals surface area contributed by atoms with Crippen molar-refractivity contribution in [3.8, 4) is 0 Å². The maximum atomic E-state index is 12.3.